The number of carbonyl (C=O) groups excluding carboxylic acids is 1. The molecule has 0 aliphatic carbocycles. The minimum atomic E-state index is -0.208. The number of rotatable bonds is 4. The third kappa shape index (κ3) is 3.75. The van der Waals surface area contributed by atoms with Crippen LogP contribution >= 0.6 is 11.6 Å². The minimum absolute atomic E-state index is 0.208. The molecule has 0 atom stereocenters. The van der Waals surface area contributed by atoms with E-state index >= 15 is 0 Å². The van der Waals surface area contributed by atoms with Gasteiger partial charge in [0.25, 0.3) is 5.91 Å². The van der Waals surface area contributed by atoms with Crippen LogP contribution in [0.1, 0.15) is 24.2 Å². The van der Waals surface area contributed by atoms with Crippen LogP contribution in [0.2, 0.25) is 5.02 Å². The Bertz CT molecular complexity index is 594. The summed E-state index contributed by atoms with van der Waals surface area (Å²) in [7, 11) is 0. The van der Waals surface area contributed by atoms with Crippen LogP contribution in [0.4, 0.5) is 11.4 Å². The second-order valence-electron chi connectivity index (χ2n) is 4.81. The summed E-state index contributed by atoms with van der Waals surface area (Å²) in [4.78, 5) is 12.1. The average Bonchev–Trinajstić information content (AvgIpc) is 2.41. The Morgan fingerprint density at radius 1 is 1.00 bits per heavy atom. The molecule has 0 spiro atoms. The zero-order valence-electron chi connectivity index (χ0n) is 11.5. The van der Waals surface area contributed by atoms with Crippen LogP contribution in [0, 0.1) is 0 Å². The molecule has 0 radical (unpaired) electrons. The molecule has 0 unspecified atom stereocenters. The van der Waals surface area contributed by atoms with E-state index in [1.807, 2.05) is 24.3 Å². The maximum Gasteiger partial charge on any atom is 0.257 e. The number of carbonyl (C=O) groups is 1. The first-order valence-electron chi connectivity index (χ1n) is 6.49. The van der Waals surface area contributed by atoms with E-state index in [-0.39, 0.29) is 5.91 Å². The van der Waals surface area contributed by atoms with Crippen molar-refractivity contribution in [3.63, 3.8) is 0 Å². The zero-order chi connectivity index (χ0) is 14.5. The highest BCUT2D eigenvalue weighted by Gasteiger charge is 2.09. The Kier molecular flexibility index (Phi) is 4.64. The molecule has 3 nitrogen and oxygen atoms in total. The van der Waals surface area contributed by atoms with Crippen molar-refractivity contribution in [1.82, 2.24) is 0 Å². The van der Waals surface area contributed by atoms with Crippen LogP contribution < -0.4 is 10.6 Å². The largest absolute Gasteiger partial charge is 0.383 e. The van der Waals surface area contributed by atoms with Crippen molar-refractivity contribution in [1.29, 1.82) is 0 Å². The fraction of sp³-hybridized carbons (Fsp3) is 0.188. The number of halogens is 1. The Morgan fingerprint density at radius 3 is 2.20 bits per heavy atom. The monoisotopic (exact) mass is 288 g/mol. The highest BCUT2D eigenvalue weighted by Crippen LogP contribution is 2.18. The van der Waals surface area contributed by atoms with Crippen LogP contribution in [0.3, 0.4) is 0 Å². The van der Waals surface area contributed by atoms with Crippen LogP contribution in [0.25, 0.3) is 0 Å². The second-order valence-corrected chi connectivity index (χ2v) is 5.22. The summed E-state index contributed by atoms with van der Waals surface area (Å²) >= 11 is 6.00. The van der Waals surface area contributed by atoms with E-state index < -0.39 is 0 Å². The third-order valence-corrected chi connectivity index (χ3v) is 3.05. The van der Waals surface area contributed by atoms with Gasteiger partial charge in [0.1, 0.15) is 0 Å². The van der Waals surface area contributed by atoms with Gasteiger partial charge >= 0.3 is 0 Å². The first kappa shape index (κ1) is 14.4. The molecule has 4 heteroatoms. The SMILES string of the molecule is CC(C)Nc1ccc(NC(=O)c2ccccc2Cl)cc1. The van der Waals surface area contributed by atoms with Crippen LogP contribution in [0.5, 0.6) is 0 Å². The average molecular weight is 289 g/mol. The Balaban J connectivity index is 2.07. The summed E-state index contributed by atoms with van der Waals surface area (Å²) in [6, 6.07) is 14.9. The van der Waals surface area contributed by atoms with Crippen LogP contribution in [0.15, 0.2) is 48.5 Å². The zero-order valence-corrected chi connectivity index (χ0v) is 12.2. The molecule has 0 saturated heterocycles. The van der Waals surface area contributed by atoms with E-state index in [9.17, 15) is 4.79 Å². The molecule has 20 heavy (non-hydrogen) atoms. The molecule has 0 fully saturated rings. The highest BCUT2D eigenvalue weighted by molar-refractivity contribution is 6.34. The molecular formula is C16H17ClN2O. The van der Waals surface area contributed by atoms with E-state index in [1.54, 1.807) is 24.3 Å². The summed E-state index contributed by atoms with van der Waals surface area (Å²) < 4.78 is 0. The molecule has 0 bridgehead atoms. The van der Waals surface area contributed by atoms with Crippen molar-refractivity contribution in [2.45, 2.75) is 19.9 Å². The van der Waals surface area contributed by atoms with Gasteiger partial charge in [-0.3, -0.25) is 4.79 Å². The standard InChI is InChI=1S/C16H17ClN2O/c1-11(2)18-12-7-9-13(10-8-12)19-16(20)14-5-3-4-6-15(14)17/h3-11,18H,1-2H3,(H,19,20). The highest BCUT2D eigenvalue weighted by atomic mass is 35.5. The summed E-state index contributed by atoms with van der Waals surface area (Å²) in [6.07, 6.45) is 0. The molecule has 1 amide bonds. The lowest BCUT2D eigenvalue weighted by Gasteiger charge is -2.11. The Labute approximate surface area is 124 Å². The predicted octanol–water partition coefficient (Wildman–Crippen LogP) is 4.41. The first-order chi connectivity index (χ1) is 9.56. The van der Waals surface area contributed by atoms with Gasteiger partial charge in [0.2, 0.25) is 0 Å². The van der Waals surface area contributed by atoms with E-state index in [1.165, 1.54) is 0 Å². The summed E-state index contributed by atoms with van der Waals surface area (Å²) in [6.45, 7) is 4.15. The minimum Gasteiger partial charge on any atom is -0.383 e. The van der Waals surface area contributed by atoms with E-state index in [0.717, 1.165) is 11.4 Å². The summed E-state index contributed by atoms with van der Waals surface area (Å²) in [5, 5.41) is 6.57. The lowest BCUT2D eigenvalue weighted by molar-refractivity contribution is 0.102. The van der Waals surface area contributed by atoms with E-state index in [4.69, 9.17) is 11.6 Å². The molecule has 104 valence electrons. The first-order valence-corrected chi connectivity index (χ1v) is 6.86. The lowest BCUT2D eigenvalue weighted by atomic mass is 10.2. The van der Waals surface area contributed by atoms with Gasteiger partial charge < -0.3 is 10.6 Å². The molecule has 2 N–H and O–H groups in total. The van der Waals surface area contributed by atoms with Crippen molar-refractivity contribution in [3.05, 3.63) is 59.1 Å². The number of hydrogen-bond acceptors (Lipinski definition) is 2. The van der Waals surface area contributed by atoms with Gasteiger partial charge in [0, 0.05) is 17.4 Å². The quantitative estimate of drug-likeness (QED) is 0.875. The lowest BCUT2D eigenvalue weighted by Crippen LogP contribution is -2.13. The fourth-order valence-electron chi connectivity index (χ4n) is 1.83. The van der Waals surface area contributed by atoms with Crippen molar-refractivity contribution in [3.8, 4) is 0 Å². The molecule has 0 saturated carbocycles. The van der Waals surface area contributed by atoms with Gasteiger partial charge in [-0.2, -0.15) is 0 Å². The summed E-state index contributed by atoms with van der Waals surface area (Å²) in [5.74, 6) is -0.208. The molecular weight excluding hydrogens is 272 g/mol. The van der Waals surface area contributed by atoms with Gasteiger partial charge in [0.05, 0.1) is 10.6 Å². The molecule has 2 aromatic carbocycles. The second kappa shape index (κ2) is 6.44. The molecule has 0 aliphatic heterocycles. The normalized spacial score (nSPS) is 10.4. The smallest absolute Gasteiger partial charge is 0.257 e. The third-order valence-electron chi connectivity index (χ3n) is 2.72. The fourth-order valence-corrected chi connectivity index (χ4v) is 2.05. The molecule has 0 aromatic heterocycles. The van der Waals surface area contributed by atoms with Crippen molar-refractivity contribution in [2.24, 2.45) is 0 Å². The van der Waals surface area contributed by atoms with E-state index in [2.05, 4.69) is 24.5 Å². The van der Waals surface area contributed by atoms with Gasteiger partial charge in [0.15, 0.2) is 0 Å². The summed E-state index contributed by atoms with van der Waals surface area (Å²) in [5.41, 5.74) is 2.23. The van der Waals surface area contributed by atoms with Gasteiger partial charge in [-0.05, 0) is 50.2 Å². The molecule has 2 rings (SSSR count). The van der Waals surface area contributed by atoms with Gasteiger partial charge in [-0.15, -0.1) is 0 Å². The van der Waals surface area contributed by atoms with Crippen molar-refractivity contribution >= 4 is 28.9 Å². The maximum absolute atomic E-state index is 12.1. The van der Waals surface area contributed by atoms with Gasteiger partial charge in [-0.1, -0.05) is 23.7 Å². The topological polar surface area (TPSA) is 41.1 Å². The maximum atomic E-state index is 12.1. The number of benzene rings is 2. The van der Waals surface area contributed by atoms with Gasteiger partial charge in [-0.25, -0.2) is 0 Å². The van der Waals surface area contributed by atoms with Crippen LogP contribution in [-0.2, 0) is 0 Å². The van der Waals surface area contributed by atoms with Crippen molar-refractivity contribution in [2.75, 3.05) is 10.6 Å². The van der Waals surface area contributed by atoms with Crippen LogP contribution in [-0.4, -0.2) is 11.9 Å². The van der Waals surface area contributed by atoms with E-state index in [0.29, 0.717) is 16.6 Å². The van der Waals surface area contributed by atoms with Crippen molar-refractivity contribution < 1.29 is 4.79 Å². The Morgan fingerprint density at radius 2 is 1.60 bits per heavy atom. The molecule has 0 aliphatic rings. The number of amides is 1. The number of nitrogens with one attached hydrogen (secondary N) is 2. The molecule has 2 aromatic rings. The predicted molar refractivity (Wildman–Crippen MR) is 84.6 cm³/mol. The Hall–Kier alpha value is -2.00. The molecule has 0 heterocycles. The number of anilines is 2. The number of hydrogen-bond donors (Lipinski definition) is 2.